The molecule has 0 bridgehead atoms. The molecule has 0 fully saturated rings. The maximum absolute atomic E-state index is 6.06. The number of benzene rings is 2. The summed E-state index contributed by atoms with van der Waals surface area (Å²) >= 11 is 0. The number of hydrogen-bond donors (Lipinski definition) is 2. The largest absolute Gasteiger partial charge is 0.493 e. The highest BCUT2D eigenvalue weighted by atomic mass is 16.5. The molecule has 0 radical (unpaired) electrons. The van der Waals surface area contributed by atoms with E-state index in [0.29, 0.717) is 28.8 Å². The average molecular weight is 336 g/mol. The molecule has 3 N–H and O–H groups in total. The molecule has 0 saturated carbocycles. The number of aromatic amines is 1. The van der Waals surface area contributed by atoms with Gasteiger partial charge in [0.1, 0.15) is 11.5 Å². The molecule has 2 heterocycles. The van der Waals surface area contributed by atoms with Gasteiger partial charge in [0.15, 0.2) is 17.3 Å². The summed E-state index contributed by atoms with van der Waals surface area (Å²) in [6.07, 6.45) is 1.69. The van der Waals surface area contributed by atoms with E-state index >= 15 is 0 Å². The average Bonchev–Trinajstić information content (AvgIpc) is 3.01. The summed E-state index contributed by atoms with van der Waals surface area (Å²) in [5.41, 5.74) is 7.36. The van der Waals surface area contributed by atoms with Crippen LogP contribution in [0.2, 0.25) is 0 Å². The molecule has 0 spiro atoms. The third-order valence-electron chi connectivity index (χ3n) is 4.00. The number of pyridine rings is 1. The minimum absolute atomic E-state index is 0.466. The lowest BCUT2D eigenvalue weighted by molar-refractivity contribution is 0.355. The molecular formula is C18H16N4O3. The van der Waals surface area contributed by atoms with E-state index in [1.807, 2.05) is 30.3 Å². The van der Waals surface area contributed by atoms with E-state index in [1.165, 1.54) is 0 Å². The van der Waals surface area contributed by atoms with Crippen LogP contribution in [-0.2, 0) is 0 Å². The maximum atomic E-state index is 6.06. The fourth-order valence-corrected chi connectivity index (χ4v) is 2.75. The Morgan fingerprint density at radius 3 is 2.52 bits per heavy atom. The van der Waals surface area contributed by atoms with Gasteiger partial charge >= 0.3 is 0 Å². The monoisotopic (exact) mass is 336 g/mol. The molecule has 0 aliphatic rings. The number of nitrogens with one attached hydrogen (secondary N) is 1. The normalized spacial score (nSPS) is 11.0. The van der Waals surface area contributed by atoms with Crippen molar-refractivity contribution in [2.75, 3.05) is 20.0 Å². The molecule has 0 aliphatic heterocycles. The van der Waals surface area contributed by atoms with Crippen molar-refractivity contribution in [1.29, 1.82) is 0 Å². The summed E-state index contributed by atoms with van der Waals surface area (Å²) in [5, 5.41) is 8.56. The van der Waals surface area contributed by atoms with Crippen molar-refractivity contribution >= 4 is 27.6 Å². The standard InChI is InChI=1S/C18H16N4O3/c1-23-16-8-12-13(9-17(16)24-2)20-6-5-15(12)25-10-3-4-11-14(7-10)21-22-18(11)19/h3-9H,1-2H3,(H3,19,21,22). The Hall–Kier alpha value is -3.48. The molecule has 0 atom stereocenters. The van der Waals surface area contributed by atoms with Gasteiger partial charge in [0.25, 0.3) is 0 Å². The fourth-order valence-electron chi connectivity index (χ4n) is 2.75. The highest BCUT2D eigenvalue weighted by molar-refractivity contribution is 5.90. The summed E-state index contributed by atoms with van der Waals surface area (Å²) in [6, 6.07) is 11.0. The number of rotatable bonds is 4. The second-order valence-corrected chi connectivity index (χ2v) is 5.45. The number of nitrogens with zero attached hydrogens (tertiary/aromatic N) is 2. The Morgan fingerprint density at radius 1 is 0.920 bits per heavy atom. The first-order chi connectivity index (χ1) is 12.2. The van der Waals surface area contributed by atoms with E-state index in [4.69, 9.17) is 19.9 Å². The minimum Gasteiger partial charge on any atom is -0.493 e. The first-order valence-electron chi connectivity index (χ1n) is 7.62. The smallest absolute Gasteiger partial charge is 0.162 e. The van der Waals surface area contributed by atoms with Crippen LogP contribution < -0.4 is 19.9 Å². The van der Waals surface area contributed by atoms with Gasteiger partial charge in [-0.05, 0) is 24.3 Å². The zero-order chi connectivity index (χ0) is 17.4. The van der Waals surface area contributed by atoms with E-state index in [2.05, 4.69) is 15.2 Å². The van der Waals surface area contributed by atoms with E-state index in [0.717, 1.165) is 21.8 Å². The molecule has 7 heteroatoms. The summed E-state index contributed by atoms with van der Waals surface area (Å²) in [5.74, 6) is 3.03. The number of nitrogen functional groups attached to an aromatic ring is 1. The quantitative estimate of drug-likeness (QED) is 0.592. The van der Waals surface area contributed by atoms with Gasteiger partial charge in [-0.15, -0.1) is 0 Å². The Kier molecular flexibility index (Phi) is 3.53. The van der Waals surface area contributed by atoms with Crippen LogP contribution in [0.15, 0.2) is 42.6 Å². The lowest BCUT2D eigenvalue weighted by Gasteiger charge is -2.12. The molecule has 126 valence electrons. The van der Waals surface area contributed by atoms with E-state index in [-0.39, 0.29) is 0 Å². The molecule has 7 nitrogen and oxygen atoms in total. The zero-order valence-electron chi connectivity index (χ0n) is 13.7. The van der Waals surface area contributed by atoms with Crippen molar-refractivity contribution < 1.29 is 14.2 Å². The molecule has 0 aliphatic carbocycles. The SMILES string of the molecule is COc1cc2nccc(Oc3ccc4c(N)n[nH]c4c3)c2cc1OC. The summed E-state index contributed by atoms with van der Waals surface area (Å²) in [7, 11) is 3.19. The van der Waals surface area contributed by atoms with Crippen molar-refractivity contribution in [2.45, 2.75) is 0 Å². The number of aromatic nitrogens is 3. The predicted octanol–water partition coefficient (Wildman–Crippen LogP) is 3.50. The second kappa shape index (κ2) is 5.86. The molecule has 2 aromatic heterocycles. The van der Waals surface area contributed by atoms with Crippen LogP contribution in [0.4, 0.5) is 5.82 Å². The predicted molar refractivity (Wildman–Crippen MR) is 95.4 cm³/mol. The van der Waals surface area contributed by atoms with E-state index in [1.54, 1.807) is 26.5 Å². The van der Waals surface area contributed by atoms with Crippen LogP contribution in [0.5, 0.6) is 23.0 Å². The lowest BCUT2D eigenvalue weighted by atomic mass is 10.1. The third-order valence-corrected chi connectivity index (χ3v) is 4.00. The molecule has 0 unspecified atom stereocenters. The minimum atomic E-state index is 0.466. The van der Waals surface area contributed by atoms with Gasteiger partial charge in [0.2, 0.25) is 0 Å². The lowest BCUT2D eigenvalue weighted by Crippen LogP contribution is -1.93. The Bertz CT molecular complexity index is 1070. The Balaban J connectivity index is 1.79. The van der Waals surface area contributed by atoms with Crippen molar-refractivity contribution in [1.82, 2.24) is 15.2 Å². The highest BCUT2D eigenvalue weighted by Gasteiger charge is 2.12. The zero-order valence-corrected chi connectivity index (χ0v) is 13.7. The number of hydrogen-bond acceptors (Lipinski definition) is 6. The van der Waals surface area contributed by atoms with Gasteiger partial charge in [-0.2, -0.15) is 5.10 Å². The van der Waals surface area contributed by atoms with Crippen LogP contribution in [-0.4, -0.2) is 29.4 Å². The molecule has 2 aromatic carbocycles. The van der Waals surface area contributed by atoms with Crippen LogP contribution in [0.3, 0.4) is 0 Å². The summed E-state index contributed by atoms with van der Waals surface area (Å²) < 4.78 is 16.8. The first kappa shape index (κ1) is 15.1. The van der Waals surface area contributed by atoms with Crippen molar-refractivity contribution in [3.63, 3.8) is 0 Å². The number of nitrogens with two attached hydrogens (primary N) is 1. The molecule has 0 amide bonds. The first-order valence-corrected chi connectivity index (χ1v) is 7.62. The topological polar surface area (TPSA) is 95.3 Å². The second-order valence-electron chi connectivity index (χ2n) is 5.45. The van der Waals surface area contributed by atoms with Crippen molar-refractivity contribution in [3.8, 4) is 23.0 Å². The highest BCUT2D eigenvalue weighted by Crippen LogP contribution is 2.37. The fraction of sp³-hybridized carbons (Fsp3) is 0.111. The molecule has 4 rings (SSSR count). The summed E-state index contributed by atoms with van der Waals surface area (Å²) in [4.78, 5) is 4.37. The molecular weight excluding hydrogens is 320 g/mol. The maximum Gasteiger partial charge on any atom is 0.162 e. The number of methoxy groups -OCH3 is 2. The molecule has 0 saturated heterocycles. The van der Waals surface area contributed by atoms with E-state index < -0.39 is 0 Å². The summed E-state index contributed by atoms with van der Waals surface area (Å²) in [6.45, 7) is 0. The number of ether oxygens (including phenoxy) is 3. The van der Waals surface area contributed by atoms with Gasteiger partial charge in [-0.25, -0.2) is 0 Å². The van der Waals surface area contributed by atoms with Gasteiger partial charge in [-0.1, -0.05) is 0 Å². The van der Waals surface area contributed by atoms with Crippen LogP contribution in [0, 0.1) is 0 Å². The van der Waals surface area contributed by atoms with Crippen LogP contribution in [0.25, 0.3) is 21.8 Å². The van der Waals surface area contributed by atoms with Crippen LogP contribution >= 0.6 is 0 Å². The van der Waals surface area contributed by atoms with Gasteiger partial charge in [0.05, 0.1) is 25.3 Å². The van der Waals surface area contributed by atoms with Gasteiger partial charge < -0.3 is 19.9 Å². The molecule has 4 aromatic rings. The van der Waals surface area contributed by atoms with Crippen LogP contribution in [0.1, 0.15) is 0 Å². The van der Waals surface area contributed by atoms with Gasteiger partial charge in [-0.3, -0.25) is 10.1 Å². The van der Waals surface area contributed by atoms with Gasteiger partial charge in [0, 0.05) is 29.1 Å². The Labute approximate surface area is 143 Å². The number of fused-ring (bicyclic) bond motifs is 2. The molecule has 25 heavy (non-hydrogen) atoms. The van der Waals surface area contributed by atoms with Crippen molar-refractivity contribution in [2.24, 2.45) is 0 Å². The number of anilines is 1. The third kappa shape index (κ3) is 2.55. The van der Waals surface area contributed by atoms with E-state index in [9.17, 15) is 0 Å². The Morgan fingerprint density at radius 2 is 1.72 bits per heavy atom. The number of H-pyrrole nitrogens is 1. The van der Waals surface area contributed by atoms with Crippen molar-refractivity contribution in [3.05, 3.63) is 42.6 Å².